The van der Waals surface area contributed by atoms with Crippen molar-refractivity contribution in [1.82, 2.24) is 4.90 Å². The smallest absolute Gasteiger partial charge is 0.0828 e. The molecule has 4 unspecified atom stereocenters. The zero-order chi connectivity index (χ0) is 11.5. The minimum Gasteiger partial charge on any atom is -0.371 e. The molecule has 16 heavy (non-hydrogen) atoms. The van der Waals surface area contributed by atoms with E-state index in [9.17, 15) is 0 Å². The number of nitrogens with zero attached hydrogens (tertiary/aromatic N) is 1. The summed E-state index contributed by atoms with van der Waals surface area (Å²) < 4.78 is 5.82. The predicted molar refractivity (Wildman–Crippen MR) is 66.4 cm³/mol. The second-order valence-corrected chi connectivity index (χ2v) is 5.68. The van der Waals surface area contributed by atoms with Gasteiger partial charge in [-0.25, -0.2) is 0 Å². The summed E-state index contributed by atoms with van der Waals surface area (Å²) in [5.41, 5.74) is 5.73. The number of nitrogens with two attached hydrogens (primary N) is 1. The molecule has 0 radical (unpaired) electrons. The second kappa shape index (κ2) is 5.48. The average Bonchev–Trinajstić information content (AvgIpc) is 2.28. The van der Waals surface area contributed by atoms with Crippen LogP contribution in [0, 0.1) is 5.92 Å². The molecule has 0 spiro atoms. The van der Waals surface area contributed by atoms with Crippen molar-refractivity contribution >= 4 is 0 Å². The summed E-state index contributed by atoms with van der Waals surface area (Å²) in [6.07, 6.45) is 6.14. The van der Waals surface area contributed by atoms with Crippen LogP contribution in [-0.2, 0) is 4.74 Å². The molecule has 1 heterocycles. The quantitative estimate of drug-likeness (QED) is 0.777. The van der Waals surface area contributed by atoms with Gasteiger partial charge in [0, 0.05) is 25.7 Å². The molecule has 3 heteroatoms. The van der Waals surface area contributed by atoms with Gasteiger partial charge in [-0.15, -0.1) is 0 Å². The molecule has 1 aliphatic heterocycles. The summed E-state index contributed by atoms with van der Waals surface area (Å²) in [4.78, 5) is 2.63. The average molecular weight is 226 g/mol. The van der Waals surface area contributed by atoms with Crippen LogP contribution in [-0.4, -0.2) is 42.8 Å². The van der Waals surface area contributed by atoms with Crippen molar-refractivity contribution in [1.29, 1.82) is 0 Å². The van der Waals surface area contributed by atoms with Crippen molar-refractivity contribution in [2.45, 2.75) is 57.8 Å². The van der Waals surface area contributed by atoms with Crippen LogP contribution >= 0.6 is 0 Å². The largest absolute Gasteiger partial charge is 0.371 e. The molecule has 2 rings (SSSR count). The first-order chi connectivity index (χ1) is 7.69. The van der Waals surface area contributed by atoms with Gasteiger partial charge < -0.3 is 10.5 Å². The summed E-state index contributed by atoms with van der Waals surface area (Å²) in [6.45, 7) is 7.34. The van der Waals surface area contributed by atoms with Crippen molar-refractivity contribution < 1.29 is 4.74 Å². The minimum atomic E-state index is 0.251. The molecule has 0 aromatic carbocycles. The summed E-state index contributed by atoms with van der Waals surface area (Å²) >= 11 is 0. The van der Waals surface area contributed by atoms with Gasteiger partial charge in [0.25, 0.3) is 0 Å². The van der Waals surface area contributed by atoms with Crippen molar-refractivity contribution in [2.24, 2.45) is 11.7 Å². The van der Waals surface area contributed by atoms with Crippen molar-refractivity contribution in [3.05, 3.63) is 0 Å². The van der Waals surface area contributed by atoms with Gasteiger partial charge in [-0.2, -0.15) is 0 Å². The molecule has 4 atom stereocenters. The summed E-state index contributed by atoms with van der Waals surface area (Å²) in [6, 6.07) is 0.782. The minimum absolute atomic E-state index is 0.251. The van der Waals surface area contributed by atoms with Crippen molar-refractivity contribution in [2.75, 3.05) is 19.6 Å². The van der Waals surface area contributed by atoms with E-state index in [1.165, 1.54) is 25.7 Å². The van der Waals surface area contributed by atoms with E-state index in [2.05, 4.69) is 18.7 Å². The zero-order valence-corrected chi connectivity index (χ0v) is 10.7. The molecule has 1 aliphatic carbocycles. The predicted octanol–water partition coefficient (Wildman–Crippen LogP) is 1.61. The number of rotatable bonds is 2. The fourth-order valence-corrected chi connectivity index (χ4v) is 3.24. The van der Waals surface area contributed by atoms with E-state index >= 15 is 0 Å². The standard InChI is InChI=1S/C13H26N2O/c1-10-4-3-5-12(6-10)15-8-11(2)16-13(7-14)9-15/h10-13H,3-9,14H2,1-2H3. The lowest BCUT2D eigenvalue weighted by molar-refractivity contribution is -0.0894. The van der Waals surface area contributed by atoms with E-state index in [-0.39, 0.29) is 6.10 Å². The Balaban J connectivity index is 1.91. The van der Waals surface area contributed by atoms with Gasteiger partial charge >= 0.3 is 0 Å². The molecule has 0 amide bonds. The molecule has 2 aliphatic rings. The van der Waals surface area contributed by atoms with Crippen LogP contribution in [0.3, 0.4) is 0 Å². The first-order valence-corrected chi connectivity index (χ1v) is 6.78. The summed E-state index contributed by atoms with van der Waals surface area (Å²) in [7, 11) is 0. The van der Waals surface area contributed by atoms with Gasteiger partial charge in [0.15, 0.2) is 0 Å². The molecule has 94 valence electrons. The van der Waals surface area contributed by atoms with E-state index < -0.39 is 0 Å². The maximum absolute atomic E-state index is 5.82. The van der Waals surface area contributed by atoms with E-state index in [4.69, 9.17) is 10.5 Å². The van der Waals surface area contributed by atoms with Crippen LogP contribution in [0.5, 0.6) is 0 Å². The lowest BCUT2D eigenvalue weighted by Gasteiger charge is -2.43. The van der Waals surface area contributed by atoms with Gasteiger partial charge in [-0.1, -0.05) is 19.8 Å². The Kier molecular flexibility index (Phi) is 4.22. The lowest BCUT2D eigenvalue weighted by atomic mass is 9.86. The Hall–Kier alpha value is -0.120. The SMILES string of the molecule is CC1CCCC(N2CC(C)OC(CN)C2)C1. The highest BCUT2D eigenvalue weighted by atomic mass is 16.5. The number of ether oxygens (including phenoxy) is 1. The number of morpholine rings is 1. The summed E-state index contributed by atoms with van der Waals surface area (Å²) in [5.74, 6) is 0.897. The maximum Gasteiger partial charge on any atom is 0.0828 e. The molecule has 2 N–H and O–H groups in total. The lowest BCUT2D eigenvalue weighted by Crippen LogP contribution is -2.53. The number of hydrogen-bond donors (Lipinski definition) is 1. The third-order valence-electron chi connectivity index (χ3n) is 4.04. The van der Waals surface area contributed by atoms with Crippen LogP contribution in [0.1, 0.15) is 39.5 Å². The Morgan fingerprint density at radius 3 is 2.75 bits per heavy atom. The Morgan fingerprint density at radius 1 is 1.25 bits per heavy atom. The molecular formula is C13H26N2O. The van der Waals surface area contributed by atoms with E-state index in [1.54, 1.807) is 0 Å². The van der Waals surface area contributed by atoms with Crippen LogP contribution in [0.4, 0.5) is 0 Å². The molecule has 0 aromatic rings. The maximum atomic E-state index is 5.82. The highest BCUT2D eigenvalue weighted by Gasteiger charge is 2.31. The third kappa shape index (κ3) is 2.96. The summed E-state index contributed by atoms with van der Waals surface area (Å²) in [5, 5.41) is 0. The fourth-order valence-electron chi connectivity index (χ4n) is 3.24. The normalized spacial score (nSPS) is 42.2. The Bertz CT molecular complexity index is 222. The topological polar surface area (TPSA) is 38.5 Å². The van der Waals surface area contributed by atoms with Gasteiger partial charge in [0.2, 0.25) is 0 Å². The van der Waals surface area contributed by atoms with Crippen LogP contribution in [0.2, 0.25) is 0 Å². The molecular weight excluding hydrogens is 200 g/mol. The Labute approximate surface area is 99.3 Å². The molecule has 1 saturated carbocycles. The zero-order valence-electron chi connectivity index (χ0n) is 10.7. The molecule has 3 nitrogen and oxygen atoms in total. The Morgan fingerprint density at radius 2 is 2.06 bits per heavy atom. The molecule has 0 bridgehead atoms. The van der Waals surface area contributed by atoms with Gasteiger partial charge in [-0.05, 0) is 25.7 Å². The van der Waals surface area contributed by atoms with Gasteiger partial charge in [0.05, 0.1) is 12.2 Å². The van der Waals surface area contributed by atoms with Crippen LogP contribution < -0.4 is 5.73 Å². The van der Waals surface area contributed by atoms with E-state index in [1.807, 2.05) is 0 Å². The second-order valence-electron chi connectivity index (χ2n) is 5.68. The van der Waals surface area contributed by atoms with Crippen molar-refractivity contribution in [3.8, 4) is 0 Å². The molecule has 2 fully saturated rings. The highest BCUT2D eigenvalue weighted by Crippen LogP contribution is 2.29. The van der Waals surface area contributed by atoms with Crippen LogP contribution in [0.15, 0.2) is 0 Å². The van der Waals surface area contributed by atoms with Crippen LogP contribution in [0.25, 0.3) is 0 Å². The van der Waals surface area contributed by atoms with E-state index in [0.29, 0.717) is 12.6 Å². The number of hydrogen-bond acceptors (Lipinski definition) is 3. The third-order valence-corrected chi connectivity index (χ3v) is 4.04. The first kappa shape index (κ1) is 12.3. The highest BCUT2D eigenvalue weighted by molar-refractivity contribution is 4.85. The monoisotopic (exact) mass is 226 g/mol. The van der Waals surface area contributed by atoms with Gasteiger partial charge in [-0.3, -0.25) is 4.90 Å². The fraction of sp³-hybridized carbons (Fsp3) is 1.00. The molecule has 1 saturated heterocycles. The molecule has 0 aromatic heterocycles. The van der Waals surface area contributed by atoms with Crippen molar-refractivity contribution in [3.63, 3.8) is 0 Å². The van der Waals surface area contributed by atoms with Gasteiger partial charge in [0.1, 0.15) is 0 Å². The first-order valence-electron chi connectivity index (χ1n) is 6.78. The van der Waals surface area contributed by atoms with E-state index in [0.717, 1.165) is 25.0 Å².